The summed E-state index contributed by atoms with van der Waals surface area (Å²) in [7, 11) is 0. The topological polar surface area (TPSA) is 97.8 Å². The SMILES string of the molecule is CC/C(=C(/CC)c1ccc(O)cc1)c1ccc(O)cc1.CCC1=C(C)c2cc3[nH]c(cc4nc(cc5[nH]c(cc1n2)c(C)c5CC)C(CC)=C4C)c(C)c3CC.[SnH2]. The molecular weight excluding hydrogens is 807 g/mol. The molecular formula is C50H60N4O2Sn. The molecule has 0 aliphatic carbocycles. The first-order valence-corrected chi connectivity index (χ1v) is 20.4. The molecule has 3 aromatic heterocycles. The molecule has 6 nitrogen and oxygen atoms in total. The molecule has 5 aromatic rings. The summed E-state index contributed by atoms with van der Waals surface area (Å²) in [5.41, 5.74) is 24.1. The molecule has 0 fully saturated rings. The van der Waals surface area contributed by atoms with E-state index in [1.807, 2.05) is 24.3 Å². The summed E-state index contributed by atoms with van der Waals surface area (Å²) in [6, 6.07) is 23.6. The molecule has 2 aliphatic rings. The summed E-state index contributed by atoms with van der Waals surface area (Å²) in [5, 5.41) is 18.8. The van der Waals surface area contributed by atoms with Crippen LogP contribution in [0.25, 0.3) is 55.5 Å². The molecule has 2 aromatic carbocycles. The summed E-state index contributed by atoms with van der Waals surface area (Å²) in [4.78, 5) is 17.7. The van der Waals surface area contributed by atoms with E-state index in [9.17, 15) is 10.2 Å². The van der Waals surface area contributed by atoms with E-state index in [1.54, 1.807) is 24.3 Å². The number of hydrogen-bond donors (Lipinski definition) is 4. The molecule has 0 atom stereocenters. The van der Waals surface area contributed by atoms with Gasteiger partial charge in [-0.05, 0) is 182 Å². The molecule has 7 heteroatoms. The monoisotopic (exact) mass is 868 g/mol. The zero-order valence-corrected chi connectivity index (χ0v) is 39.7. The fourth-order valence-electron chi connectivity index (χ4n) is 8.53. The second-order valence-electron chi connectivity index (χ2n) is 14.8. The predicted octanol–water partition coefficient (Wildman–Crippen LogP) is 12.7. The van der Waals surface area contributed by atoms with Crippen LogP contribution < -0.4 is 0 Å². The van der Waals surface area contributed by atoms with Gasteiger partial charge in [-0.25, -0.2) is 9.97 Å². The number of phenolic OH excluding ortho intramolecular Hbond substituents is 2. The van der Waals surface area contributed by atoms with E-state index in [4.69, 9.17) is 9.97 Å². The van der Waals surface area contributed by atoms with Crippen LogP contribution in [0.15, 0.2) is 72.8 Å². The van der Waals surface area contributed by atoms with Crippen molar-refractivity contribution in [2.24, 2.45) is 0 Å². The van der Waals surface area contributed by atoms with Crippen LogP contribution in [0.4, 0.5) is 0 Å². The van der Waals surface area contributed by atoms with Crippen LogP contribution in [-0.4, -0.2) is 54.1 Å². The predicted molar refractivity (Wildman–Crippen MR) is 247 cm³/mol. The standard InChI is InChI=1S/C32H38N4.C18H20O2.Sn.2H/c1-9-21-17(5)25-13-26-18(6)23(11-3)31(34-26)16-32-24(12-4)20(8)28(36-32)15-30-22(10-2)19(7)27(35-30)14-29(21)33-25;1-3-17(13-5-9-15(19)10-6-13)18(4-2)14-7-11-16(20)12-8-14;;;/h13-16,33,36H,9-12H2,1-8H3;5-12,19-20H,3-4H2,1-2H3;;;/b;18-17+;;;. The maximum absolute atomic E-state index is 9.41. The van der Waals surface area contributed by atoms with Gasteiger partial charge in [0.2, 0.25) is 0 Å². The molecule has 296 valence electrons. The van der Waals surface area contributed by atoms with E-state index in [0.717, 1.165) is 94.5 Å². The van der Waals surface area contributed by atoms with Crippen LogP contribution in [0.5, 0.6) is 11.5 Å². The average molecular weight is 868 g/mol. The summed E-state index contributed by atoms with van der Waals surface area (Å²) in [5.74, 6) is 0.568. The normalized spacial score (nSPS) is 12.9. The van der Waals surface area contributed by atoms with E-state index in [1.165, 1.54) is 55.7 Å². The number of aromatic amines is 2. The number of phenols is 2. The third kappa shape index (κ3) is 8.71. The van der Waals surface area contributed by atoms with Crippen LogP contribution in [0.2, 0.25) is 0 Å². The van der Waals surface area contributed by atoms with Gasteiger partial charge in [0, 0.05) is 22.1 Å². The van der Waals surface area contributed by atoms with Crippen molar-refractivity contribution >= 4 is 79.4 Å². The number of hydrogen-bond acceptors (Lipinski definition) is 4. The van der Waals surface area contributed by atoms with Gasteiger partial charge in [0.15, 0.2) is 0 Å². The Morgan fingerprint density at radius 2 is 0.807 bits per heavy atom. The number of allylic oxidation sites excluding steroid dienone is 6. The second-order valence-corrected chi connectivity index (χ2v) is 14.8. The zero-order chi connectivity index (χ0) is 40.3. The number of aromatic hydroxyl groups is 2. The molecule has 4 N–H and O–H groups in total. The van der Waals surface area contributed by atoms with E-state index >= 15 is 0 Å². The van der Waals surface area contributed by atoms with Gasteiger partial charge in [-0.1, -0.05) is 65.8 Å². The van der Waals surface area contributed by atoms with E-state index in [2.05, 4.69) is 103 Å². The third-order valence-electron chi connectivity index (χ3n) is 11.7. The number of aryl methyl sites for hydroxylation is 4. The first kappa shape index (κ1) is 43.3. The average Bonchev–Trinajstić information content (AvgIpc) is 3.86. The number of nitrogens with one attached hydrogen (secondary N) is 2. The summed E-state index contributed by atoms with van der Waals surface area (Å²) in [6.07, 6.45) is 5.71. The molecule has 0 spiro atoms. The number of H-pyrrole nitrogens is 2. The molecule has 0 unspecified atom stereocenters. The van der Waals surface area contributed by atoms with Crippen molar-refractivity contribution in [3.8, 4) is 11.5 Å². The fraction of sp³-hybridized carbons (Fsp3) is 0.320. The first-order chi connectivity index (χ1) is 27.0. The van der Waals surface area contributed by atoms with E-state index < -0.39 is 0 Å². The van der Waals surface area contributed by atoms with Crippen molar-refractivity contribution in [2.45, 2.75) is 108 Å². The number of nitrogens with zero attached hydrogens (tertiary/aromatic N) is 2. The Hall–Kier alpha value is -4.82. The van der Waals surface area contributed by atoms with Gasteiger partial charge in [0.05, 0.1) is 22.8 Å². The van der Waals surface area contributed by atoms with Gasteiger partial charge < -0.3 is 20.2 Å². The van der Waals surface area contributed by atoms with Crippen LogP contribution >= 0.6 is 0 Å². The van der Waals surface area contributed by atoms with Crippen molar-refractivity contribution in [1.82, 2.24) is 19.9 Å². The molecule has 7 rings (SSSR count). The molecule has 2 radical (unpaired) electrons. The van der Waals surface area contributed by atoms with E-state index in [0.29, 0.717) is 0 Å². The molecule has 57 heavy (non-hydrogen) atoms. The summed E-state index contributed by atoms with van der Waals surface area (Å²) in [6.45, 7) is 22.0. The minimum absolute atomic E-state index is 0. The second kappa shape index (κ2) is 18.6. The molecule has 0 saturated carbocycles. The van der Waals surface area contributed by atoms with Crippen molar-refractivity contribution in [3.05, 3.63) is 129 Å². The van der Waals surface area contributed by atoms with Crippen molar-refractivity contribution in [2.75, 3.05) is 0 Å². The van der Waals surface area contributed by atoms with Gasteiger partial charge in [-0.3, -0.25) is 0 Å². The Kier molecular flexibility index (Phi) is 14.2. The van der Waals surface area contributed by atoms with Crippen LogP contribution in [0, 0.1) is 13.8 Å². The maximum atomic E-state index is 9.41. The number of aromatic nitrogens is 4. The molecule has 0 saturated heterocycles. The first-order valence-electron chi connectivity index (χ1n) is 20.4. The molecule has 0 amide bonds. The van der Waals surface area contributed by atoms with Gasteiger partial charge in [0.1, 0.15) is 11.5 Å². The Bertz CT molecular complexity index is 2470. The van der Waals surface area contributed by atoms with E-state index in [-0.39, 0.29) is 35.4 Å². The Labute approximate surface area is 355 Å². The Balaban J connectivity index is 0.000000251. The minimum atomic E-state index is 0. The van der Waals surface area contributed by atoms with Gasteiger partial charge >= 0.3 is 23.9 Å². The van der Waals surface area contributed by atoms with Gasteiger partial charge in [-0.15, -0.1) is 0 Å². The molecule has 5 heterocycles. The number of benzene rings is 2. The zero-order valence-electron chi connectivity index (χ0n) is 35.7. The van der Waals surface area contributed by atoms with Crippen molar-refractivity contribution < 1.29 is 10.2 Å². The molecule has 2 aliphatic heterocycles. The third-order valence-corrected chi connectivity index (χ3v) is 11.7. The number of fused-ring (bicyclic) bond motifs is 8. The van der Waals surface area contributed by atoms with Gasteiger partial charge in [0.25, 0.3) is 0 Å². The Morgan fingerprint density at radius 3 is 1.14 bits per heavy atom. The fourth-order valence-corrected chi connectivity index (χ4v) is 8.53. The summed E-state index contributed by atoms with van der Waals surface area (Å²) < 4.78 is 0. The summed E-state index contributed by atoms with van der Waals surface area (Å²) >= 11 is 0. The van der Waals surface area contributed by atoms with Crippen LogP contribution in [0.3, 0.4) is 0 Å². The molecule has 8 bridgehead atoms. The Morgan fingerprint density at radius 1 is 0.474 bits per heavy atom. The van der Waals surface area contributed by atoms with Crippen LogP contribution in [0.1, 0.15) is 137 Å². The van der Waals surface area contributed by atoms with Crippen LogP contribution in [-0.2, 0) is 12.8 Å². The van der Waals surface area contributed by atoms with Crippen molar-refractivity contribution in [1.29, 1.82) is 0 Å². The van der Waals surface area contributed by atoms with Crippen molar-refractivity contribution in [3.63, 3.8) is 0 Å². The number of rotatable bonds is 8. The van der Waals surface area contributed by atoms with Gasteiger partial charge in [-0.2, -0.15) is 0 Å². The quantitative estimate of drug-likeness (QED) is 0.0922.